The maximum absolute atomic E-state index is 5.52. The monoisotopic (exact) mass is 386 g/mol. The van der Waals surface area contributed by atoms with Gasteiger partial charge in [-0.05, 0) is 42.4 Å². The van der Waals surface area contributed by atoms with Crippen LogP contribution in [-0.2, 0) is 6.54 Å². The van der Waals surface area contributed by atoms with Gasteiger partial charge in [0.1, 0.15) is 0 Å². The molecule has 1 aliphatic rings. The number of aromatic amines is 1. The van der Waals surface area contributed by atoms with Crippen LogP contribution < -0.4 is 15.1 Å². The van der Waals surface area contributed by atoms with E-state index in [1.807, 2.05) is 6.20 Å². The van der Waals surface area contributed by atoms with E-state index in [9.17, 15) is 0 Å². The summed E-state index contributed by atoms with van der Waals surface area (Å²) in [4.78, 5) is 14.1. The highest BCUT2D eigenvalue weighted by molar-refractivity contribution is 7.80. The quantitative estimate of drug-likeness (QED) is 0.745. The first kappa shape index (κ1) is 19.5. The minimum absolute atomic E-state index is 0.606. The predicted octanol–water partition coefficient (Wildman–Crippen LogP) is 2.70. The van der Waals surface area contributed by atoms with Crippen molar-refractivity contribution >= 4 is 28.7 Å². The number of thiocarbonyl (C=S) groups is 1. The first-order valence-electron chi connectivity index (χ1n) is 9.59. The van der Waals surface area contributed by atoms with Gasteiger partial charge in [0.25, 0.3) is 0 Å². The van der Waals surface area contributed by atoms with Gasteiger partial charge >= 0.3 is 0 Å². The van der Waals surface area contributed by atoms with Gasteiger partial charge in [0.05, 0.1) is 18.6 Å². The SMILES string of the molecule is CC(C)CNC(=S)N1CCN(c2ccc(N(C)Cc3cnc[nH]3)cc2)CC1. The van der Waals surface area contributed by atoms with Crippen LogP contribution in [0.2, 0.25) is 0 Å². The molecule has 6 nitrogen and oxygen atoms in total. The number of anilines is 2. The molecule has 1 aromatic heterocycles. The molecule has 1 aliphatic heterocycles. The van der Waals surface area contributed by atoms with Crippen molar-refractivity contribution in [2.24, 2.45) is 5.92 Å². The molecule has 7 heteroatoms. The van der Waals surface area contributed by atoms with Gasteiger partial charge in [0.2, 0.25) is 0 Å². The first-order valence-corrected chi connectivity index (χ1v) is 10.00. The van der Waals surface area contributed by atoms with Gasteiger partial charge in [-0.2, -0.15) is 0 Å². The molecule has 1 fully saturated rings. The van der Waals surface area contributed by atoms with Gasteiger partial charge in [0, 0.05) is 57.3 Å². The van der Waals surface area contributed by atoms with Gasteiger partial charge in [-0.3, -0.25) is 0 Å². The van der Waals surface area contributed by atoms with Crippen molar-refractivity contribution in [1.82, 2.24) is 20.2 Å². The van der Waals surface area contributed by atoms with Gasteiger partial charge in [0.15, 0.2) is 5.11 Å². The number of H-pyrrole nitrogens is 1. The van der Waals surface area contributed by atoms with Crippen molar-refractivity contribution in [3.05, 3.63) is 42.5 Å². The molecule has 0 unspecified atom stereocenters. The number of rotatable bonds is 6. The second-order valence-electron chi connectivity index (χ2n) is 7.50. The molecule has 0 aliphatic carbocycles. The highest BCUT2D eigenvalue weighted by atomic mass is 32.1. The lowest BCUT2D eigenvalue weighted by Gasteiger charge is -2.37. The Morgan fingerprint density at radius 3 is 2.52 bits per heavy atom. The van der Waals surface area contributed by atoms with Crippen molar-refractivity contribution in [2.45, 2.75) is 20.4 Å². The number of imidazole rings is 1. The van der Waals surface area contributed by atoms with E-state index in [4.69, 9.17) is 12.2 Å². The molecule has 0 atom stereocenters. The standard InChI is InChI=1S/C20H30N6S/c1-16(2)12-22-20(27)26-10-8-25(9-11-26)19-6-4-18(5-7-19)24(3)14-17-13-21-15-23-17/h4-7,13,15-16H,8-12,14H2,1-3H3,(H,21,23)(H,22,27). The van der Waals surface area contributed by atoms with Crippen LogP contribution in [0.5, 0.6) is 0 Å². The van der Waals surface area contributed by atoms with Crippen molar-refractivity contribution in [3.8, 4) is 0 Å². The topological polar surface area (TPSA) is 50.4 Å². The highest BCUT2D eigenvalue weighted by Crippen LogP contribution is 2.22. The third-order valence-corrected chi connectivity index (χ3v) is 5.25. The van der Waals surface area contributed by atoms with Crippen LogP contribution in [0.4, 0.5) is 11.4 Å². The van der Waals surface area contributed by atoms with Crippen LogP contribution in [0, 0.1) is 5.92 Å². The molecule has 146 valence electrons. The van der Waals surface area contributed by atoms with Crippen molar-refractivity contribution in [2.75, 3.05) is 49.6 Å². The maximum atomic E-state index is 5.52. The van der Waals surface area contributed by atoms with Gasteiger partial charge in [-0.25, -0.2) is 4.98 Å². The highest BCUT2D eigenvalue weighted by Gasteiger charge is 2.19. The number of hydrogen-bond acceptors (Lipinski definition) is 4. The molecule has 2 N–H and O–H groups in total. The maximum Gasteiger partial charge on any atom is 0.169 e. The third-order valence-electron chi connectivity index (χ3n) is 4.85. The van der Waals surface area contributed by atoms with Gasteiger partial charge < -0.3 is 25.0 Å². The van der Waals surface area contributed by atoms with E-state index in [1.165, 1.54) is 11.4 Å². The Kier molecular flexibility index (Phi) is 6.55. The average Bonchev–Trinajstić information content (AvgIpc) is 3.19. The molecule has 27 heavy (non-hydrogen) atoms. The van der Waals surface area contributed by atoms with Crippen molar-refractivity contribution in [3.63, 3.8) is 0 Å². The summed E-state index contributed by atoms with van der Waals surface area (Å²) in [7, 11) is 2.10. The lowest BCUT2D eigenvalue weighted by Crippen LogP contribution is -2.52. The van der Waals surface area contributed by atoms with Crippen LogP contribution >= 0.6 is 12.2 Å². The molecule has 2 heterocycles. The Bertz CT molecular complexity index is 705. The molecular formula is C20H30N6S. The number of hydrogen-bond donors (Lipinski definition) is 2. The Labute approximate surface area is 167 Å². The summed E-state index contributed by atoms with van der Waals surface area (Å²) in [5.41, 5.74) is 3.58. The Balaban J connectivity index is 1.50. The first-order chi connectivity index (χ1) is 13.0. The molecule has 0 radical (unpaired) electrons. The van der Waals surface area contributed by atoms with Crippen LogP contribution in [0.1, 0.15) is 19.5 Å². The molecule has 3 rings (SSSR count). The summed E-state index contributed by atoms with van der Waals surface area (Å²) in [5, 5.41) is 4.26. The fraction of sp³-hybridized carbons (Fsp3) is 0.500. The smallest absolute Gasteiger partial charge is 0.169 e. The summed E-state index contributed by atoms with van der Waals surface area (Å²) in [6.45, 7) is 10.1. The van der Waals surface area contributed by atoms with Crippen LogP contribution in [0.15, 0.2) is 36.8 Å². The minimum Gasteiger partial charge on any atom is -0.369 e. The lowest BCUT2D eigenvalue weighted by atomic mass is 10.2. The summed E-state index contributed by atoms with van der Waals surface area (Å²) in [5.74, 6) is 0.606. The normalized spacial score (nSPS) is 14.5. The van der Waals surface area contributed by atoms with Crippen molar-refractivity contribution in [1.29, 1.82) is 0 Å². The second-order valence-corrected chi connectivity index (χ2v) is 7.89. The van der Waals surface area contributed by atoms with E-state index >= 15 is 0 Å². The molecule has 0 spiro atoms. The van der Waals surface area contributed by atoms with E-state index in [0.717, 1.165) is 50.1 Å². The van der Waals surface area contributed by atoms with Crippen molar-refractivity contribution < 1.29 is 0 Å². The lowest BCUT2D eigenvalue weighted by molar-refractivity contribution is 0.378. The summed E-state index contributed by atoms with van der Waals surface area (Å²) >= 11 is 5.52. The van der Waals surface area contributed by atoms with E-state index < -0.39 is 0 Å². The zero-order chi connectivity index (χ0) is 19.2. The van der Waals surface area contributed by atoms with E-state index in [1.54, 1.807) is 6.33 Å². The molecule has 1 saturated heterocycles. The number of nitrogens with zero attached hydrogens (tertiary/aromatic N) is 4. The fourth-order valence-corrected chi connectivity index (χ4v) is 3.47. The molecule has 0 saturated carbocycles. The number of nitrogens with one attached hydrogen (secondary N) is 2. The Morgan fingerprint density at radius 2 is 1.93 bits per heavy atom. The summed E-state index contributed by atoms with van der Waals surface area (Å²) < 4.78 is 0. The van der Waals surface area contributed by atoms with E-state index in [0.29, 0.717) is 5.92 Å². The predicted molar refractivity (Wildman–Crippen MR) is 116 cm³/mol. The van der Waals surface area contributed by atoms with Gasteiger partial charge in [-0.1, -0.05) is 13.8 Å². The minimum atomic E-state index is 0.606. The number of benzene rings is 1. The zero-order valence-corrected chi connectivity index (χ0v) is 17.3. The molecule has 1 aromatic carbocycles. The molecule has 2 aromatic rings. The average molecular weight is 387 g/mol. The van der Waals surface area contributed by atoms with Gasteiger partial charge in [-0.15, -0.1) is 0 Å². The Hall–Kier alpha value is -2.28. The largest absolute Gasteiger partial charge is 0.369 e. The van der Waals surface area contributed by atoms with Crippen LogP contribution in [0.25, 0.3) is 0 Å². The van der Waals surface area contributed by atoms with Crippen LogP contribution in [0.3, 0.4) is 0 Å². The summed E-state index contributed by atoms with van der Waals surface area (Å²) in [6, 6.07) is 8.80. The number of piperazine rings is 1. The number of aromatic nitrogens is 2. The molecular weight excluding hydrogens is 356 g/mol. The van der Waals surface area contributed by atoms with E-state index in [2.05, 4.69) is 75.1 Å². The molecule has 0 amide bonds. The Morgan fingerprint density at radius 1 is 1.22 bits per heavy atom. The summed E-state index contributed by atoms with van der Waals surface area (Å²) in [6.07, 6.45) is 3.58. The molecule has 0 bridgehead atoms. The van der Waals surface area contributed by atoms with Crippen LogP contribution in [-0.4, -0.2) is 59.8 Å². The second kappa shape index (κ2) is 9.08. The zero-order valence-electron chi connectivity index (χ0n) is 16.5. The third kappa shape index (κ3) is 5.35. The fourth-order valence-electron chi connectivity index (χ4n) is 3.21. The van der Waals surface area contributed by atoms with E-state index in [-0.39, 0.29) is 0 Å².